The van der Waals surface area contributed by atoms with E-state index < -0.39 is 0 Å². The van der Waals surface area contributed by atoms with Gasteiger partial charge >= 0.3 is 0 Å². The first kappa shape index (κ1) is 17.0. The summed E-state index contributed by atoms with van der Waals surface area (Å²) in [7, 11) is 0. The summed E-state index contributed by atoms with van der Waals surface area (Å²) in [5, 5.41) is 7.18. The van der Waals surface area contributed by atoms with E-state index in [9.17, 15) is 4.79 Å². The van der Waals surface area contributed by atoms with Gasteiger partial charge in [0.15, 0.2) is 11.5 Å². The number of carbonyl (C=O) groups is 1. The maximum Gasteiger partial charge on any atom is 0.255 e. The molecule has 2 aromatic heterocycles. The van der Waals surface area contributed by atoms with Crippen LogP contribution in [0.2, 0.25) is 0 Å². The SMILES string of the molecule is Cc1cnn(-c2ccc(C(=O)Nc3ccc4oc(C(C)C)nc4c3)cc2)c1. The Morgan fingerprint density at radius 2 is 1.93 bits per heavy atom. The van der Waals surface area contributed by atoms with Crippen molar-refractivity contribution in [2.45, 2.75) is 26.7 Å². The lowest BCUT2D eigenvalue weighted by Gasteiger charge is -2.06. The third-order valence-corrected chi connectivity index (χ3v) is 4.26. The van der Waals surface area contributed by atoms with Gasteiger partial charge in [-0.1, -0.05) is 13.8 Å². The van der Waals surface area contributed by atoms with Crippen LogP contribution in [-0.4, -0.2) is 20.7 Å². The van der Waals surface area contributed by atoms with Crippen molar-refractivity contribution in [1.82, 2.24) is 14.8 Å². The third kappa shape index (κ3) is 3.46. The number of hydrogen-bond acceptors (Lipinski definition) is 4. The van der Waals surface area contributed by atoms with Crippen LogP contribution in [-0.2, 0) is 0 Å². The summed E-state index contributed by atoms with van der Waals surface area (Å²) >= 11 is 0. The Hall–Kier alpha value is -3.41. The van der Waals surface area contributed by atoms with E-state index in [2.05, 4.69) is 15.4 Å². The number of oxazole rings is 1. The molecule has 6 nitrogen and oxygen atoms in total. The second kappa shape index (κ2) is 6.72. The molecule has 136 valence electrons. The van der Waals surface area contributed by atoms with Crippen LogP contribution in [0.3, 0.4) is 0 Å². The molecule has 0 saturated heterocycles. The highest BCUT2D eigenvalue weighted by Crippen LogP contribution is 2.24. The van der Waals surface area contributed by atoms with Crippen molar-refractivity contribution in [3.05, 3.63) is 71.9 Å². The van der Waals surface area contributed by atoms with Crippen LogP contribution in [0.25, 0.3) is 16.8 Å². The number of nitrogens with zero attached hydrogens (tertiary/aromatic N) is 3. The Balaban J connectivity index is 1.52. The molecule has 4 aromatic rings. The van der Waals surface area contributed by atoms with Crippen LogP contribution in [0, 0.1) is 6.92 Å². The Bertz CT molecular complexity index is 1110. The van der Waals surface area contributed by atoms with Gasteiger partial charge in [0.1, 0.15) is 5.52 Å². The molecule has 0 unspecified atom stereocenters. The minimum Gasteiger partial charge on any atom is -0.440 e. The highest BCUT2D eigenvalue weighted by Gasteiger charge is 2.11. The van der Waals surface area contributed by atoms with Crippen molar-refractivity contribution in [1.29, 1.82) is 0 Å². The Morgan fingerprint density at radius 3 is 2.59 bits per heavy atom. The highest BCUT2D eigenvalue weighted by molar-refractivity contribution is 6.05. The first-order chi connectivity index (χ1) is 13.0. The fourth-order valence-corrected chi connectivity index (χ4v) is 2.79. The molecule has 2 aromatic carbocycles. The van der Waals surface area contributed by atoms with Crippen molar-refractivity contribution in [3.63, 3.8) is 0 Å². The van der Waals surface area contributed by atoms with Crippen LogP contribution < -0.4 is 5.32 Å². The number of carbonyl (C=O) groups excluding carboxylic acids is 1. The smallest absolute Gasteiger partial charge is 0.255 e. The maximum atomic E-state index is 12.5. The zero-order valence-corrected chi connectivity index (χ0v) is 15.4. The van der Waals surface area contributed by atoms with Gasteiger partial charge in [-0.25, -0.2) is 9.67 Å². The topological polar surface area (TPSA) is 73.0 Å². The monoisotopic (exact) mass is 360 g/mol. The van der Waals surface area contributed by atoms with E-state index in [1.807, 2.05) is 57.3 Å². The number of aromatic nitrogens is 3. The molecule has 0 spiro atoms. The van der Waals surface area contributed by atoms with Gasteiger partial charge in [0, 0.05) is 23.4 Å². The van der Waals surface area contributed by atoms with E-state index in [1.54, 1.807) is 23.0 Å². The lowest BCUT2D eigenvalue weighted by molar-refractivity contribution is 0.102. The molecule has 0 radical (unpaired) electrons. The standard InChI is InChI=1S/C21H20N4O2/c1-13(2)21-24-18-10-16(6-9-19(18)27-21)23-20(26)15-4-7-17(8-5-15)25-12-14(3)11-22-25/h4-13H,1-3H3,(H,23,26). The molecule has 0 aliphatic rings. The van der Waals surface area contributed by atoms with Gasteiger partial charge in [-0.3, -0.25) is 4.79 Å². The summed E-state index contributed by atoms with van der Waals surface area (Å²) in [6, 6.07) is 12.8. The molecular formula is C21H20N4O2. The Labute approximate surface area is 156 Å². The molecule has 4 rings (SSSR count). The zero-order chi connectivity index (χ0) is 19.0. The number of hydrogen-bond donors (Lipinski definition) is 1. The van der Waals surface area contributed by atoms with Gasteiger partial charge in [-0.2, -0.15) is 5.10 Å². The van der Waals surface area contributed by atoms with Gasteiger partial charge < -0.3 is 9.73 Å². The average molecular weight is 360 g/mol. The summed E-state index contributed by atoms with van der Waals surface area (Å²) in [5.41, 5.74) is 4.70. The van der Waals surface area contributed by atoms with Gasteiger partial charge in [-0.15, -0.1) is 0 Å². The van der Waals surface area contributed by atoms with Crippen molar-refractivity contribution in [3.8, 4) is 5.69 Å². The lowest BCUT2D eigenvalue weighted by atomic mass is 10.2. The predicted octanol–water partition coefficient (Wildman–Crippen LogP) is 4.70. The first-order valence-corrected chi connectivity index (χ1v) is 8.83. The number of nitrogens with one attached hydrogen (secondary N) is 1. The summed E-state index contributed by atoms with van der Waals surface area (Å²) in [6.07, 6.45) is 3.74. The minimum absolute atomic E-state index is 0.176. The zero-order valence-electron chi connectivity index (χ0n) is 15.4. The Morgan fingerprint density at radius 1 is 1.15 bits per heavy atom. The van der Waals surface area contributed by atoms with Crippen molar-refractivity contribution >= 4 is 22.7 Å². The van der Waals surface area contributed by atoms with E-state index >= 15 is 0 Å². The maximum absolute atomic E-state index is 12.5. The second-order valence-corrected chi connectivity index (χ2v) is 6.85. The highest BCUT2D eigenvalue weighted by atomic mass is 16.3. The largest absolute Gasteiger partial charge is 0.440 e. The molecule has 0 fully saturated rings. The molecule has 0 aliphatic heterocycles. The minimum atomic E-state index is -0.176. The molecule has 1 amide bonds. The number of rotatable bonds is 4. The van der Waals surface area contributed by atoms with Crippen molar-refractivity contribution in [2.24, 2.45) is 0 Å². The number of benzene rings is 2. The average Bonchev–Trinajstić information content (AvgIpc) is 3.28. The molecule has 6 heteroatoms. The fraction of sp³-hybridized carbons (Fsp3) is 0.190. The van der Waals surface area contributed by atoms with Gasteiger partial charge in [0.05, 0.1) is 11.9 Å². The summed E-state index contributed by atoms with van der Waals surface area (Å²) in [4.78, 5) is 17.0. The van der Waals surface area contributed by atoms with Gasteiger partial charge in [-0.05, 0) is 55.0 Å². The predicted molar refractivity (Wildman–Crippen MR) is 104 cm³/mol. The third-order valence-electron chi connectivity index (χ3n) is 4.26. The van der Waals surface area contributed by atoms with Crippen LogP contribution in [0.5, 0.6) is 0 Å². The lowest BCUT2D eigenvalue weighted by Crippen LogP contribution is -2.11. The number of amides is 1. The molecule has 2 heterocycles. The number of fused-ring (bicyclic) bond motifs is 1. The molecule has 0 aliphatic carbocycles. The molecule has 0 atom stereocenters. The fourth-order valence-electron chi connectivity index (χ4n) is 2.79. The van der Waals surface area contributed by atoms with Gasteiger partial charge in [0.2, 0.25) is 0 Å². The van der Waals surface area contributed by atoms with Crippen molar-refractivity contribution < 1.29 is 9.21 Å². The van der Waals surface area contributed by atoms with E-state index in [0.29, 0.717) is 17.1 Å². The molecule has 0 bridgehead atoms. The molecule has 27 heavy (non-hydrogen) atoms. The van der Waals surface area contributed by atoms with Gasteiger partial charge in [0.25, 0.3) is 5.91 Å². The quantitative estimate of drug-likeness (QED) is 0.573. The summed E-state index contributed by atoms with van der Waals surface area (Å²) < 4.78 is 7.48. The Kier molecular flexibility index (Phi) is 4.24. The van der Waals surface area contributed by atoms with Crippen LogP contribution in [0.15, 0.2) is 59.3 Å². The van der Waals surface area contributed by atoms with E-state index in [0.717, 1.165) is 22.4 Å². The normalized spacial score (nSPS) is 11.3. The molecular weight excluding hydrogens is 340 g/mol. The van der Waals surface area contributed by atoms with Crippen LogP contribution in [0.1, 0.15) is 41.6 Å². The summed E-state index contributed by atoms with van der Waals surface area (Å²) in [6.45, 7) is 6.05. The van der Waals surface area contributed by atoms with E-state index in [4.69, 9.17) is 4.42 Å². The number of aryl methyl sites for hydroxylation is 1. The molecule has 0 saturated carbocycles. The van der Waals surface area contributed by atoms with Crippen molar-refractivity contribution in [2.75, 3.05) is 5.32 Å². The van der Waals surface area contributed by atoms with E-state index in [1.165, 1.54) is 0 Å². The number of anilines is 1. The summed E-state index contributed by atoms with van der Waals surface area (Å²) in [5.74, 6) is 0.732. The van der Waals surface area contributed by atoms with Crippen LogP contribution >= 0.6 is 0 Å². The molecule has 1 N–H and O–H groups in total. The van der Waals surface area contributed by atoms with Crippen LogP contribution in [0.4, 0.5) is 5.69 Å². The second-order valence-electron chi connectivity index (χ2n) is 6.85. The van der Waals surface area contributed by atoms with E-state index in [-0.39, 0.29) is 11.8 Å². The first-order valence-electron chi connectivity index (χ1n) is 8.83.